The van der Waals surface area contributed by atoms with Crippen molar-refractivity contribution < 1.29 is 9.13 Å². The third-order valence-electron chi connectivity index (χ3n) is 3.00. The Bertz CT molecular complexity index is 325. The van der Waals surface area contributed by atoms with Crippen LogP contribution in [-0.4, -0.2) is 30.7 Å². The topological polar surface area (TPSA) is 12.5 Å². The molecular weight excluding hydrogens is 205 g/mol. The molecule has 1 atom stereocenters. The standard InChI is InChI=1S/C13H18FNO/c1-2-13-10-15(7-8-16-13)9-11-3-5-12(14)6-4-11/h3-6,13H,2,7-10H2,1H3. The number of halogens is 1. The van der Waals surface area contributed by atoms with Crippen LogP contribution in [0.5, 0.6) is 0 Å². The highest BCUT2D eigenvalue weighted by Crippen LogP contribution is 2.12. The summed E-state index contributed by atoms with van der Waals surface area (Å²) in [5.41, 5.74) is 1.16. The van der Waals surface area contributed by atoms with Gasteiger partial charge in [0.25, 0.3) is 0 Å². The van der Waals surface area contributed by atoms with Gasteiger partial charge in [0.1, 0.15) is 5.82 Å². The summed E-state index contributed by atoms with van der Waals surface area (Å²) in [5.74, 6) is -0.169. The molecule has 2 nitrogen and oxygen atoms in total. The maximum absolute atomic E-state index is 12.7. The van der Waals surface area contributed by atoms with Crippen molar-refractivity contribution in [2.24, 2.45) is 0 Å². The Kier molecular flexibility index (Phi) is 3.91. The Morgan fingerprint density at radius 3 is 2.81 bits per heavy atom. The number of hydrogen-bond donors (Lipinski definition) is 0. The van der Waals surface area contributed by atoms with Gasteiger partial charge in [-0.25, -0.2) is 4.39 Å². The van der Waals surface area contributed by atoms with E-state index in [1.165, 1.54) is 12.1 Å². The lowest BCUT2D eigenvalue weighted by atomic mass is 10.1. The third-order valence-corrected chi connectivity index (χ3v) is 3.00. The van der Waals surface area contributed by atoms with E-state index in [9.17, 15) is 4.39 Å². The van der Waals surface area contributed by atoms with E-state index in [2.05, 4.69) is 11.8 Å². The molecule has 1 heterocycles. The van der Waals surface area contributed by atoms with Gasteiger partial charge in [-0.05, 0) is 24.1 Å². The molecule has 0 aliphatic carbocycles. The molecule has 1 unspecified atom stereocenters. The molecule has 0 bridgehead atoms. The number of hydrogen-bond acceptors (Lipinski definition) is 2. The molecule has 1 fully saturated rings. The second-order valence-corrected chi connectivity index (χ2v) is 4.26. The molecule has 0 aromatic heterocycles. The molecule has 1 saturated heterocycles. The smallest absolute Gasteiger partial charge is 0.123 e. The summed E-state index contributed by atoms with van der Waals surface area (Å²) in [6, 6.07) is 6.75. The number of morpholine rings is 1. The normalized spacial score (nSPS) is 22.2. The average molecular weight is 223 g/mol. The lowest BCUT2D eigenvalue weighted by Crippen LogP contribution is -2.41. The van der Waals surface area contributed by atoms with E-state index >= 15 is 0 Å². The van der Waals surface area contributed by atoms with Crippen molar-refractivity contribution in [1.82, 2.24) is 4.90 Å². The van der Waals surface area contributed by atoms with Gasteiger partial charge >= 0.3 is 0 Å². The average Bonchev–Trinajstić information content (AvgIpc) is 2.32. The lowest BCUT2D eigenvalue weighted by Gasteiger charge is -2.32. The minimum atomic E-state index is -0.169. The SMILES string of the molecule is CCC1CN(Cc2ccc(F)cc2)CCO1. The van der Waals surface area contributed by atoms with Gasteiger partial charge < -0.3 is 4.74 Å². The molecule has 1 aromatic rings. The van der Waals surface area contributed by atoms with Crippen molar-refractivity contribution in [2.75, 3.05) is 19.7 Å². The first-order valence-electron chi connectivity index (χ1n) is 5.86. The van der Waals surface area contributed by atoms with Gasteiger partial charge in [0.15, 0.2) is 0 Å². The predicted molar refractivity (Wildman–Crippen MR) is 61.7 cm³/mol. The Morgan fingerprint density at radius 1 is 1.38 bits per heavy atom. The fourth-order valence-electron chi connectivity index (χ4n) is 2.02. The van der Waals surface area contributed by atoms with Crippen LogP contribution in [-0.2, 0) is 11.3 Å². The summed E-state index contributed by atoms with van der Waals surface area (Å²) in [5, 5.41) is 0. The monoisotopic (exact) mass is 223 g/mol. The van der Waals surface area contributed by atoms with Crippen LogP contribution in [0.15, 0.2) is 24.3 Å². The molecule has 0 spiro atoms. The van der Waals surface area contributed by atoms with Crippen LogP contribution in [0.25, 0.3) is 0 Å². The fourth-order valence-corrected chi connectivity index (χ4v) is 2.02. The van der Waals surface area contributed by atoms with E-state index in [0.717, 1.165) is 38.2 Å². The van der Waals surface area contributed by atoms with Crippen LogP contribution >= 0.6 is 0 Å². The van der Waals surface area contributed by atoms with Gasteiger partial charge in [0.2, 0.25) is 0 Å². The fraction of sp³-hybridized carbons (Fsp3) is 0.538. The van der Waals surface area contributed by atoms with Crippen molar-refractivity contribution in [1.29, 1.82) is 0 Å². The molecular formula is C13H18FNO. The quantitative estimate of drug-likeness (QED) is 0.780. The third kappa shape index (κ3) is 3.03. The summed E-state index contributed by atoms with van der Waals surface area (Å²) in [7, 11) is 0. The summed E-state index contributed by atoms with van der Waals surface area (Å²) in [6.07, 6.45) is 1.41. The van der Waals surface area contributed by atoms with Crippen molar-refractivity contribution in [2.45, 2.75) is 26.0 Å². The second kappa shape index (κ2) is 5.41. The maximum Gasteiger partial charge on any atom is 0.123 e. The van der Waals surface area contributed by atoms with Gasteiger partial charge in [-0.2, -0.15) is 0 Å². The molecule has 0 saturated carbocycles. The van der Waals surface area contributed by atoms with Gasteiger partial charge in [0, 0.05) is 19.6 Å². The molecule has 0 amide bonds. The largest absolute Gasteiger partial charge is 0.376 e. The molecule has 88 valence electrons. The summed E-state index contributed by atoms with van der Waals surface area (Å²) in [4.78, 5) is 2.37. The van der Waals surface area contributed by atoms with Crippen molar-refractivity contribution in [3.8, 4) is 0 Å². The van der Waals surface area contributed by atoms with Gasteiger partial charge in [-0.3, -0.25) is 4.90 Å². The number of ether oxygens (including phenoxy) is 1. The van der Waals surface area contributed by atoms with E-state index in [-0.39, 0.29) is 5.82 Å². The van der Waals surface area contributed by atoms with E-state index in [1.54, 1.807) is 0 Å². The zero-order valence-corrected chi connectivity index (χ0v) is 9.66. The summed E-state index contributed by atoms with van der Waals surface area (Å²) < 4.78 is 18.4. The molecule has 3 heteroatoms. The zero-order valence-electron chi connectivity index (χ0n) is 9.66. The van der Waals surface area contributed by atoms with Gasteiger partial charge in [0.05, 0.1) is 12.7 Å². The van der Waals surface area contributed by atoms with Crippen LogP contribution in [0.1, 0.15) is 18.9 Å². The highest BCUT2D eigenvalue weighted by Gasteiger charge is 2.18. The first-order chi connectivity index (χ1) is 7.78. The van der Waals surface area contributed by atoms with Crippen molar-refractivity contribution >= 4 is 0 Å². The molecule has 1 aliphatic rings. The highest BCUT2D eigenvalue weighted by atomic mass is 19.1. The summed E-state index contributed by atoms with van der Waals surface area (Å²) in [6.45, 7) is 5.79. The molecule has 2 rings (SSSR count). The van der Waals surface area contributed by atoms with E-state index in [1.807, 2.05) is 12.1 Å². The van der Waals surface area contributed by atoms with E-state index in [0.29, 0.717) is 6.10 Å². The van der Waals surface area contributed by atoms with E-state index < -0.39 is 0 Å². The number of benzene rings is 1. The van der Waals surface area contributed by atoms with Crippen molar-refractivity contribution in [3.05, 3.63) is 35.6 Å². The first kappa shape index (κ1) is 11.6. The Hall–Kier alpha value is -0.930. The molecule has 1 aliphatic heterocycles. The zero-order chi connectivity index (χ0) is 11.4. The van der Waals surface area contributed by atoms with Gasteiger partial charge in [-0.1, -0.05) is 19.1 Å². The maximum atomic E-state index is 12.7. The van der Waals surface area contributed by atoms with Crippen LogP contribution in [0, 0.1) is 5.82 Å². The van der Waals surface area contributed by atoms with Crippen LogP contribution in [0.2, 0.25) is 0 Å². The molecule has 16 heavy (non-hydrogen) atoms. The molecule has 0 N–H and O–H groups in total. The van der Waals surface area contributed by atoms with Crippen LogP contribution in [0.3, 0.4) is 0 Å². The first-order valence-corrected chi connectivity index (χ1v) is 5.86. The number of rotatable bonds is 3. The Balaban J connectivity index is 1.91. The lowest BCUT2D eigenvalue weighted by molar-refractivity contribution is -0.0324. The number of nitrogens with zero attached hydrogens (tertiary/aromatic N) is 1. The Labute approximate surface area is 96.0 Å². The minimum Gasteiger partial charge on any atom is -0.376 e. The molecule has 0 radical (unpaired) electrons. The summed E-state index contributed by atoms with van der Waals surface area (Å²) >= 11 is 0. The molecule has 1 aromatic carbocycles. The van der Waals surface area contributed by atoms with E-state index in [4.69, 9.17) is 4.74 Å². The van der Waals surface area contributed by atoms with Gasteiger partial charge in [-0.15, -0.1) is 0 Å². The predicted octanol–water partition coefficient (Wildman–Crippen LogP) is 2.44. The minimum absolute atomic E-state index is 0.169. The Morgan fingerprint density at radius 2 is 2.12 bits per heavy atom. The highest BCUT2D eigenvalue weighted by molar-refractivity contribution is 5.15. The van der Waals surface area contributed by atoms with Crippen LogP contribution < -0.4 is 0 Å². The van der Waals surface area contributed by atoms with Crippen LogP contribution in [0.4, 0.5) is 4.39 Å². The van der Waals surface area contributed by atoms with Crippen molar-refractivity contribution in [3.63, 3.8) is 0 Å². The second-order valence-electron chi connectivity index (χ2n) is 4.26.